The Labute approximate surface area is 185 Å². The number of amides is 1. The van der Waals surface area contributed by atoms with E-state index < -0.39 is 0 Å². The van der Waals surface area contributed by atoms with Crippen LogP contribution in [0.2, 0.25) is 0 Å². The molecule has 0 radical (unpaired) electrons. The second kappa shape index (κ2) is 11.6. The van der Waals surface area contributed by atoms with Crippen molar-refractivity contribution in [2.24, 2.45) is 0 Å². The summed E-state index contributed by atoms with van der Waals surface area (Å²) < 4.78 is 16.1. The van der Waals surface area contributed by atoms with Crippen LogP contribution in [-0.2, 0) is 11.3 Å². The maximum Gasteiger partial charge on any atom is 0.225 e. The smallest absolute Gasteiger partial charge is 0.225 e. The van der Waals surface area contributed by atoms with Crippen molar-refractivity contribution in [3.05, 3.63) is 48.0 Å². The molecule has 1 aliphatic carbocycles. The number of benzene rings is 2. The van der Waals surface area contributed by atoms with Crippen molar-refractivity contribution in [1.82, 2.24) is 4.90 Å². The van der Waals surface area contributed by atoms with Gasteiger partial charge in [-0.15, -0.1) is 0 Å². The minimum absolute atomic E-state index is 0.0249. The van der Waals surface area contributed by atoms with Crippen molar-refractivity contribution in [1.29, 1.82) is 0 Å². The number of hydrogen-bond acceptors (Lipinski definition) is 5. The van der Waals surface area contributed by atoms with Gasteiger partial charge in [0.2, 0.25) is 11.7 Å². The Morgan fingerprint density at radius 3 is 2.19 bits per heavy atom. The van der Waals surface area contributed by atoms with Crippen LogP contribution in [0.3, 0.4) is 0 Å². The van der Waals surface area contributed by atoms with Gasteiger partial charge >= 0.3 is 0 Å². The number of rotatable bonds is 10. The van der Waals surface area contributed by atoms with Gasteiger partial charge in [-0.2, -0.15) is 0 Å². The largest absolute Gasteiger partial charge is 0.493 e. The van der Waals surface area contributed by atoms with Gasteiger partial charge in [0.1, 0.15) is 0 Å². The molecule has 0 atom stereocenters. The first-order valence-corrected chi connectivity index (χ1v) is 11.0. The highest BCUT2D eigenvalue weighted by Gasteiger charge is 2.22. The van der Waals surface area contributed by atoms with E-state index in [1.165, 1.54) is 37.7 Å². The van der Waals surface area contributed by atoms with Crippen molar-refractivity contribution in [3.63, 3.8) is 0 Å². The number of hydrogen-bond donors (Lipinski definition) is 1. The Balaban J connectivity index is 1.65. The predicted molar refractivity (Wildman–Crippen MR) is 123 cm³/mol. The molecular weight excluding hydrogens is 392 g/mol. The van der Waals surface area contributed by atoms with Crippen LogP contribution < -0.4 is 19.5 Å². The molecule has 6 heteroatoms. The van der Waals surface area contributed by atoms with Gasteiger partial charge in [0.25, 0.3) is 0 Å². The minimum Gasteiger partial charge on any atom is -0.493 e. The quantitative estimate of drug-likeness (QED) is 0.587. The molecule has 1 saturated carbocycles. The number of carbonyl (C=O) groups is 1. The highest BCUT2D eigenvalue weighted by molar-refractivity contribution is 5.91. The summed E-state index contributed by atoms with van der Waals surface area (Å²) in [6.45, 7) is 1.61. The lowest BCUT2D eigenvalue weighted by molar-refractivity contribution is -0.116. The van der Waals surface area contributed by atoms with Crippen LogP contribution in [0.15, 0.2) is 42.5 Å². The van der Waals surface area contributed by atoms with E-state index in [9.17, 15) is 4.79 Å². The molecule has 1 fully saturated rings. The Bertz CT molecular complexity index is 810. The number of nitrogens with zero attached hydrogens (tertiary/aromatic N) is 1. The van der Waals surface area contributed by atoms with Gasteiger partial charge in [-0.1, -0.05) is 49.6 Å². The fraction of sp³-hybridized carbons (Fsp3) is 0.480. The van der Waals surface area contributed by atoms with E-state index in [-0.39, 0.29) is 5.91 Å². The van der Waals surface area contributed by atoms with Crippen LogP contribution in [0, 0.1) is 0 Å². The topological polar surface area (TPSA) is 60.0 Å². The Kier molecular flexibility index (Phi) is 8.59. The van der Waals surface area contributed by atoms with E-state index in [0.29, 0.717) is 35.4 Å². The number of anilines is 1. The van der Waals surface area contributed by atoms with Crippen LogP contribution in [-0.4, -0.2) is 44.7 Å². The summed E-state index contributed by atoms with van der Waals surface area (Å²) in [5.74, 6) is 1.52. The van der Waals surface area contributed by atoms with E-state index >= 15 is 0 Å². The molecule has 0 aliphatic heterocycles. The summed E-state index contributed by atoms with van der Waals surface area (Å²) in [6.07, 6.45) is 6.71. The zero-order valence-corrected chi connectivity index (χ0v) is 18.9. The summed E-state index contributed by atoms with van der Waals surface area (Å²) >= 11 is 0. The van der Waals surface area contributed by atoms with Crippen molar-refractivity contribution in [3.8, 4) is 17.2 Å². The number of methoxy groups -OCH3 is 3. The number of nitrogens with one attached hydrogen (secondary N) is 1. The molecule has 2 aromatic carbocycles. The molecule has 0 aromatic heterocycles. The van der Waals surface area contributed by atoms with Crippen LogP contribution in [0.1, 0.15) is 44.1 Å². The predicted octanol–water partition coefficient (Wildman–Crippen LogP) is 4.88. The molecule has 3 rings (SSSR count). The molecule has 31 heavy (non-hydrogen) atoms. The lowest BCUT2D eigenvalue weighted by Crippen LogP contribution is -2.38. The van der Waals surface area contributed by atoms with Gasteiger partial charge in [0, 0.05) is 43.4 Å². The van der Waals surface area contributed by atoms with Crippen LogP contribution in [0.25, 0.3) is 0 Å². The molecular formula is C25H34N2O4. The molecule has 1 amide bonds. The first kappa shape index (κ1) is 22.9. The normalized spacial score (nSPS) is 14.3. The molecule has 0 unspecified atom stereocenters. The van der Waals surface area contributed by atoms with Crippen molar-refractivity contribution >= 4 is 11.6 Å². The van der Waals surface area contributed by atoms with E-state index in [4.69, 9.17) is 14.2 Å². The van der Waals surface area contributed by atoms with Crippen LogP contribution >= 0.6 is 0 Å². The highest BCUT2D eigenvalue weighted by Crippen LogP contribution is 2.40. The maximum absolute atomic E-state index is 12.8. The van der Waals surface area contributed by atoms with Gasteiger partial charge in [-0.25, -0.2) is 0 Å². The zero-order chi connectivity index (χ0) is 22.1. The van der Waals surface area contributed by atoms with Crippen molar-refractivity contribution in [2.75, 3.05) is 33.2 Å². The second-order valence-corrected chi connectivity index (χ2v) is 7.96. The fourth-order valence-electron chi connectivity index (χ4n) is 4.28. The Morgan fingerprint density at radius 1 is 0.968 bits per heavy atom. The summed E-state index contributed by atoms with van der Waals surface area (Å²) in [5, 5.41) is 2.98. The summed E-state index contributed by atoms with van der Waals surface area (Å²) in [5.41, 5.74) is 1.92. The lowest BCUT2D eigenvalue weighted by atomic mass is 9.93. The molecule has 0 bridgehead atoms. The highest BCUT2D eigenvalue weighted by atomic mass is 16.5. The first-order valence-electron chi connectivity index (χ1n) is 11.0. The van der Waals surface area contributed by atoms with E-state index in [2.05, 4.69) is 34.5 Å². The second-order valence-electron chi connectivity index (χ2n) is 7.96. The lowest BCUT2D eigenvalue weighted by Gasteiger charge is -2.34. The standard InChI is InChI=1S/C25H34N2O4/c1-29-22-16-20(17-23(30-2)25(22)31-3)26-24(28)14-15-27(21-12-8-5-9-13-21)18-19-10-6-4-7-11-19/h4,6-7,10-11,16-17,21H,5,8-9,12-15,18H2,1-3H3,(H,26,28). The third kappa shape index (κ3) is 6.37. The minimum atomic E-state index is -0.0249. The van der Waals surface area contributed by atoms with Gasteiger partial charge in [0.05, 0.1) is 21.3 Å². The molecule has 168 valence electrons. The van der Waals surface area contributed by atoms with Gasteiger partial charge in [-0.3, -0.25) is 9.69 Å². The number of ether oxygens (including phenoxy) is 3. The van der Waals surface area contributed by atoms with Crippen molar-refractivity contribution < 1.29 is 19.0 Å². The summed E-state index contributed by atoms with van der Waals surface area (Å²) in [6, 6.07) is 14.6. The van der Waals surface area contributed by atoms with E-state index in [1.807, 2.05) is 6.07 Å². The number of carbonyl (C=O) groups excluding carboxylic acids is 1. The average molecular weight is 427 g/mol. The van der Waals surface area contributed by atoms with Gasteiger partial charge in [0.15, 0.2) is 11.5 Å². The SMILES string of the molecule is COc1cc(NC(=O)CCN(Cc2ccccc2)C2CCCCC2)cc(OC)c1OC. The maximum atomic E-state index is 12.8. The Hall–Kier alpha value is -2.73. The molecule has 2 aromatic rings. The van der Waals surface area contributed by atoms with Gasteiger partial charge in [-0.05, 0) is 18.4 Å². The first-order chi connectivity index (χ1) is 15.1. The van der Waals surface area contributed by atoms with E-state index in [0.717, 1.165) is 13.1 Å². The van der Waals surface area contributed by atoms with E-state index in [1.54, 1.807) is 33.5 Å². The zero-order valence-electron chi connectivity index (χ0n) is 18.9. The third-order valence-corrected chi connectivity index (χ3v) is 5.89. The average Bonchev–Trinajstić information content (AvgIpc) is 2.82. The molecule has 1 N–H and O–H groups in total. The monoisotopic (exact) mass is 426 g/mol. The fourth-order valence-corrected chi connectivity index (χ4v) is 4.28. The molecule has 0 spiro atoms. The molecule has 0 saturated heterocycles. The summed E-state index contributed by atoms with van der Waals surface area (Å²) in [4.78, 5) is 15.2. The Morgan fingerprint density at radius 2 is 1.61 bits per heavy atom. The van der Waals surface area contributed by atoms with Gasteiger partial charge < -0.3 is 19.5 Å². The summed E-state index contributed by atoms with van der Waals surface area (Å²) in [7, 11) is 4.69. The van der Waals surface area contributed by atoms with Crippen LogP contribution in [0.4, 0.5) is 5.69 Å². The third-order valence-electron chi connectivity index (χ3n) is 5.89. The van der Waals surface area contributed by atoms with Crippen molar-refractivity contribution in [2.45, 2.75) is 51.1 Å². The van der Waals surface area contributed by atoms with Crippen LogP contribution in [0.5, 0.6) is 17.2 Å². The molecule has 1 aliphatic rings. The molecule has 6 nitrogen and oxygen atoms in total. The molecule has 0 heterocycles.